The first-order chi connectivity index (χ1) is 4.75. The molecular weight excluding hydrogens is 148 g/mol. The summed E-state index contributed by atoms with van der Waals surface area (Å²) in [6.07, 6.45) is 2.65. The smallest absolute Gasteiger partial charge is 0.140 e. The summed E-state index contributed by atoms with van der Waals surface area (Å²) in [4.78, 5) is 0. The summed E-state index contributed by atoms with van der Waals surface area (Å²) in [5, 5.41) is 0.465. The van der Waals surface area contributed by atoms with Gasteiger partial charge >= 0.3 is 0 Å². The summed E-state index contributed by atoms with van der Waals surface area (Å²) in [7, 11) is 0. The highest BCUT2D eigenvalue weighted by molar-refractivity contribution is 6.31. The average Bonchev–Trinajstić information content (AvgIpc) is 2.33. The lowest BCUT2D eigenvalue weighted by atomic mass is 10.2. The summed E-state index contributed by atoms with van der Waals surface area (Å²) < 4.78 is 5.19. The minimum atomic E-state index is 0.465. The van der Waals surface area contributed by atoms with Crippen LogP contribution in [0.1, 0.15) is 6.42 Å². The van der Waals surface area contributed by atoms with Crippen LogP contribution in [0, 0.1) is 0 Å². The van der Waals surface area contributed by atoms with Crippen LogP contribution in [0.3, 0.4) is 0 Å². The Hall–Kier alpha value is -0.690. The van der Waals surface area contributed by atoms with Crippen LogP contribution in [0.2, 0.25) is 0 Å². The van der Waals surface area contributed by atoms with E-state index in [9.17, 15) is 0 Å². The first kappa shape index (κ1) is 7.42. The van der Waals surface area contributed by atoms with E-state index < -0.39 is 0 Å². The SMILES string of the molecule is C=CC1=C(C(=C)Cl)OCC1. The molecule has 0 fully saturated rings. The molecule has 0 radical (unpaired) electrons. The molecule has 0 saturated heterocycles. The van der Waals surface area contributed by atoms with E-state index in [2.05, 4.69) is 13.2 Å². The zero-order valence-corrected chi connectivity index (χ0v) is 6.45. The highest BCUT2D eigenvalue weighted by Crippen LogP contribution is 2.26. The van der Waals surface area contributed by atoms with Crippen LogP contribution >= 0.6 is 11.6 Å². The molecule has 0 unspecified atom stereocenters. The Morgan fingerprint density at radius 2 is 2.40 bits per heavy atom. The monoisotopic (exact) mass is 156 g/mol. The van der Waals surface area contributed by atoms with Gasteiger partial charge in [-0.25, -0.2) is 0 Å². The van der Waals surface area contributed by atoms with Gasteiger partial charge in [-0.15, -0.1) is 0 Å². The van der Waals surface area contributed by atoms with Gasteiger partial charge in [0.15, 0.2) is 0 Å². The number of allylic oxidation sites excluding steroid dienone is 2. The molecule has 10 heavy (non-hydrogen) atoms. The van der Waals surface area contributed by atoms with Gasteiger partial charge in [-0.2, -0.15) is 0 Å². The summed E-state index contributed by atoms with van der Waals surface area (Å²) in [6, 6.07) is 0. The van der Waals surface area contributed by atoms with E-state index in [-0.39, 0.29) is 0 Å². The topological polar surface area (TPSA) is 9.23 Å². The molecular formula is C8H9ClO. The quantitative estimate of drug-likeness (QED) is 0.597. The largest absolute Gasteiger partial charge is 0.491 e. The highest BCUT2D eigenvalue weighted by Gasteiger charge is 2.14. The Kier molecular flexibility index (Phi) is 2.17. The average molecular weight is 157 g/mol. The van der Waals surface area contributed by atoms with Gasteiger partial charge in [0.05, 0.1) is 11.6 Å². The lowest BCUT2D eigenvalue weighted by Crippen LogP contribution is -1.83. The second-order valence-corrected chi connectivity index (χ2v) is 2.52. The van der Waals surface area contributed by atoms with E-state index >= 15 is 0 Å². The fourth-order valence-corrected chi connectivity index (χ4v) is 1.09. The van der Waals surface area contributed by atoms with E-state index in [1.807, 2.05) is 0 Å². The third kappa shape index (κ3) is 1.24. The predicted molar refractivity (Wildman–Crippen MR) is 42.8 cm³/mol. The van der Waals surface area contributed by atoms with Crippen molar-refractivity contribution in [1.82, 2.24) is 0 Å². The third-order valence-corrected chi connectivity index (χ3v) is 1.57. The molecule has 1 heterocycles. The number of hydrogen-bond acceptors (Lipinski definition) is 1. The normalized spacial score (nSPS) is 16.9. The minimum absolute atomic E-state index is 0.465. The van der Waals surface area contributed by atoms with Crippen molar-refractivity contribution < 1.29 is 4.74 Å². The maximum Gasteiger partial charge on any atom is 0.140 e. The Bertz CT molecular complexity index is 203. The van der Waals surface area contributed by atoms with E-state index in [1.165, 1.54) is 0 Å². The summed E-state index contributed by atoms with van der Waals surface area (Å²) in [5.41, 5.74) is 1.06. The van der Waals surface area contributed by atoms with Crippen molar-refractivity contribution in [2.24, 2.45) is 0 Å². The molecule has 0 aromatic heterocycles. The van der Waals surface area contributed by atoms with Gasteiger partial charge < -0.3 is 4.74 Å². The van der Waals surface area contributed by atoms with Gasteiger partial charge in [0.2, 0.25) is 0 Å². The van der Waals surface area contributed by atoms with Crippen LogP contribution < -0.4 is 0 Å². The molecule has 0 aliphatic carbocycles. The van der Waals surface area contributed by atoms with Crippen molar-refractivity contribution in [3.8, 4) is 0 Å². The summed E-state index contributed by atoms with van der Waals surface area (Å²) in [5.74, 6) is 0.705. The number of ether oxygens (including phenoxy) is 1. The van der Waals surface area contributed by atoms with Crippen molar-refractivity contribution in [2.45, 2.75) is 6.42 Å². The molecule has 0 aromatic carbocycles. The molecule has 1 aliphatic rings. The van der Waals surface area contributed by atoms with E-state index in [4.69, 9.17) is 16.3 Å². The van der Waals surface area contributed by atoms with Crippen molar-refractivity contribution in [1.29, 1.82) is 0 Å². The zero-order chi connectivity index (χ0) is 7.56. The lowest BCUT2D eigenvalue weighted by molar-refractivity contribution is 0.255. The standard InChI is InChI=1S/C8H9ClO/c1-3-7-4-5-10-8(7)6(2)9/h3H,1-2,4-5H2. The Balaban J connectivity index is 2.88. The molecule has 0 bridgehead atoms. The summed E-state index contributed by atoms with van der Waals surface area (Å²) in [6.45, 7) is 7.90. The van der Waals surface area contributed by atoms with Crippen LogP contribution in [0.25, 0.3) is 0 Å². The number of hydrogen-bond donors (Lipinski definition) is 0. The van der Waals surface area contributed by atoms with Crippen molar-refractivity contribution in [3.05, 3.63) is 35.6 Å². The van der Waals surface area contributed by atoms with Crippen LogP contribution in [0.5, 0.6) is 0 Å². The predicted octanol–water partition coefficient (Wildman–Crippen LogP) is 2.60. The molecule has 2 heteroatoms. The maximum absolute atomic E-state index is 5.63. The Labute approximate surface area is 65.6 Å². The number of halogens is 1. The van der Waals surface area contributed by atoms with Crippen LogP contribution in [0.15, 0.2) is 35.6 Å². The molecule has 0 atom stereocenters. The molecule has 1 nitrogen and oxygen atoms in total. The van der Waals surface area contributed by atoms with Gasteiger partial charge in [0.25, 0.3) is 0 Å². The molecule has 1 rings (SSSR count). The highest BCUT2D eigenvalue weighted by atomic mass is 35.5. The second-order valence-electron chi connectivity index (χ2n) is 2.06. The van der Waals surface area contributed by atoms with E-state index in [0.29, 0.717) is 17.4 Å². The minimum Gasteiger partial charge on any atom is -0.491 e. The molecule has 0 spiro atoms. The van der Waals surface area contributed by atoms with Gasteiger partial charge in [-0.3, -0.25) is 0 Å². The second kappa shape index (κ2) is 2.93. The van der Waals surface area contributed by atoms with Crippen molar-refractivity contribution in [2.75, 3.05) is 6.61 Å². The van der Waals surface area contributed by atoms with Crippen LogP contribution in [-0.4, -0.2) is 6.61 Å². The summed E-state index contributed by atoms with van der Waals surface area (Å²) >= 11 is 5.63. The lowest BCUT2D eigenvalue weighted by Gasteiger charge is -1.99. The first-order valence-electron chi connectivity index (χ1n) is 3.09. The third-order valence-electron chi connectivity index (χ3n) is 1.40. The van der Waals surface area contributed by atoms with Crippen LogP contribution in [0.4, 0.5) is 0 Å². The van der Waals surface area contributed by atoms with E-state index in [0.717, 1.165) is 12.0 Å². The molecule has 0 N–H and O–H groups in total. The van der Waals surface area contributed by atoms with Gasteiger partial charge in [0, 0.05) is 6.42 Å². The van der Waals surface area contributed by atoms with E-state index in [1.54, 1.807) is 6.08 Å². The Morgan fingerprint density at radius 3 is 2.80 bits per heavy atom. The van der Waals surface area contributed by atoms with Gasteiger partial charge in [-0.1, -0.05) is 30.8 Å². The number of rotatable bonds is 2. The maximum atomic E-state index is 5.63. The molecule has 0 aromatic rings. The molecule has 0 saturated carbocycles. The van der Waals surface area contributed by atoms with Crippen molar-refractivity contribution in [3.63, 3.8) is 0 Å². The molecule has 0 amide bonds. The van der Waals surface area contributed by atoms with Gasteiger partial charge in [-0.05, 0) is 5.57 Å². The first-order valence-corrected chi connectivity index (χ1v) is 3.46. The fourth-order valence-electron chi connectivity index (χ4n) is 0.917. The fraction of sp³-hybridized carbons (Fsp3) is 0.250. The molecule has 54 valence electrons. The van der Waals surface area contributed by atoms with Gasteiger partial charge in [0.1, 0.15) is 5.76 Å². The molecule has 1 aliphatic heterocycles. The van der Waals surface area contributed by atoms with Crippen molar-refractivity contribution >= 4 is 11.6 Å². The Morgan fingerprint density at radius 1 is 1.70 bits per heavy atom. The zero-order valence-electron chi connectivity index (χ0n) is 5.69. The van der Waals surface area contributed by atoms with Crippen LogP contribution in [-0.2, 0) is 4.74 Å².